The van der Waals surface area contributed by atoms with Crippen molar-refractivity contribution in [3.63, 3.8) is 0 Å². The predicted molar refractivity (Wildman–Crippen MR) is 195 cm³/mol. The van der Waals surface area contributed by atoms with Crippen LogP contribution in [0, 0.1) is 0 Å². The number of rotatable bonds is 5. The van der Waals surface area contributed by atoms with Crippen LogP contribution < -0.4 is 20.7 Å². The maximum absolute atomic E-state index is 5.39. The van der Waals surface area contributed by atoms with Gasteiger partial charge >= 0.3 is 0 Å². The Morgan fingerprint density at radius 1 is 0.444 bits per heavy atom. The molecule has 0 unspecified atom stereocenters. The largest absolute Gasteiger partial charge is 0.308 e. The molecule has 9 aromatic rings. The highest BCUT2D eigenvalue weighted by molar-refractivity contribution is 7.26. The molecule has 45 heavy (non-hydrogen) atoms. The van der Waals surface area contributed by atoms with Gasteiger partial charge in [-0.3, -0.25) is 4.98 Å². The van der Waals surface area contributed by atoms with Gasteiger partial charge in [0.25, 0.3) is 0 Å². The van der Waals surface area contributed by atoms with Crippen LogP contribution in [0.4, 0.5) is 0 Å². The van der Waals surface area contributed by atoms with Gasteiger partial charge in [0.15, 0.2) is 8.07 Å². The second-order valence-corrected chi connectivity index (χ2v) is 16.5. The van der Waals surface area contributed by atoms with Gasteiger partial charge in [-0.05, 0) is 57.1 Å². The Hall–Kier alpha value is -5.29. The first kappa shape index (κ1) is 26.1. The fourth-order valence-corrected chi connectivity index (χ4v) is 13.0. The van der Waals surface area contributed by atoms with Crippen LogP contribution in [0.3, 0.4) is 0 Å². The molecule has 0 radical (unpaired) electrons. The number of thiophene rings is 1. The molecule has 0 fully saturated rings. The van der Waals surface area contributed by atoms with Crippen LogP contribution in [-0.2, 0) is 0 Å². The SMILES string of the molecule is c1ccc(-n2c3cc4sc5ccccc5c4cc3c3ncc([Si](c4ccccc4)(c4ccccc4)c4ccccc4)cc32)cc1. The summed E-state index contributed by atoms with van der Waals surface area (Å²) in [5.74, 6) is 0. The van der Waals surface area contributed by atoms with Crippen molar-refractivity contribution in [2.75, 3.05) is 0 Å². The summed E-state index contributed by atoms with van der Waals surface area (Å²) in [6.07, 6.45) is 2.17. The summed E-state index contributed by atoms with van der Waals surface area (Å²) >= 11 is 1.86. The van der Waals surface area contributed by atoms with E-state index in [0.717, 1.165) is 16.7 Å². The number of fused-ring (bicyclic) bond motifs is 6. The summed E-state index contributed by atoms with van der Waals surface area (Å²) in [6.45, 7) is 0. The van der Waals surface area contributed by atoms with Gasteiger partial charge in [-0.2, -0.15) is 0 Å². The number of benzene rings is 6. The minimum absolute atomic E-state index is 1.03. The number of pyridine rings is 1. The van der Waals surface area contributed by atoms with Crippen LogP contribution in [0.5, 0.6) is 0 Å². The summed E-state index contributed by atoms with van der Waals surface area (Å²) < 4.78 is 5.03. The summed E-state index contributed by atoms with van der Waals surface area (Å²) in [5.41, 5.74) is 4.50. The quantitative estimate of drug-likeness (QED) is 0.143. The topological polar surface area (TPSA) is 17.8 Å². The van der Waals surface area contributed by atoms with E-state index in [1.54, 1.807) is 0 Å². The van der Waals surface area contributed by atoms with Gasteiger partial charge in [0.05, 0.1) is 16.6 Å². The Bertz CT molecular complexity index is 2370. The highest BCUT2D eigenvalue weighted by atomic mass is 32.1. The molecule has 0 saturated carbocycles. The van der Waals surface area contributed by atoms with E-state index in [2.05, 4.69) is 175 Å². The van der Waals surface area contributed by atoms with Gasteiger partial charge in [-0.15, -0.1) is 11.3 Å². The molecule has 3 heterocycles. The maximum Gasteiger partial charge on any atom is 0.181 e. The number of hydrogen-bond donors (Lipinski definition) is 0. The lowest BCUT2D eigenvalue weighted by atomic mass is 10.1. The Balaban J connectivity index is 1.43. The zero-order valence-electron chi connectivity index (χ0n) is 24.5. The predicted octanol–water partition coefficient (Wildman–Crippen LogP) is 7.92. The number of aromatic nitrogens is 2. The van der Waals surface area contributed by atoms with Crippen molar-refractivity contribution in [2.24, 2.45) is 0 Å². The van der Waals surface area contributed by atoms with Crippen molar-refractivity contribution in [1.29, 1.82) is 0 Å². The van der Waals surface area contributed by atoms with Crippen molar-refractivity contribution in [2.45, 2.75) is 0 Å². The molecule has 0 amide bonds. The lowest BCUT2D eigenvalue weighted by Crippen LogP contribution is -2.74. The summed E-state index contributed by atoms with van der Waals surface area (Å²) in [6, 6.07) is 59.9. The van der Waals surface area contributed by atoms with Gasteiger partial charge in [0.2, 0.25) is 0 Å². The van der Waals surface area contributed by atoms with Crippen LogP contribution in [0.2, 0.25) is 0 Å². The van der Waals surface area contributed by atoms with E-state index < -0.39 is 8.07 Å². The number of para-hydroxylation sites is 1. The molecule has 0 aliphatic carbocycles. The third-order valence-electron chi connectivity index (χ3n) is 9.17. The fourth-order valence-electron chi connectivity index (χ4n) is 7.22. The fraction of sp³-hybridized carbons (Fsp3) is 0. The lowest BCUT2D eigenvalue weighted by molar-refractivity contribution is 1.18. The van der Waals surface area contributed by atoms with E-state index in [4.69, 9.17) is 4.98 Å². The van der Waals surface area contributed by atoms with Crippen molar-refractivity contribution >= 4 is 82.3 Å². The molecular formula is C41H28N2SSi. The molecule has 0 aliphatic rings. The van der Waals surface area contributed by atoms with Crippen molar-refractivity contribution in [3.05, 3.63) is 170 Å². The van der Waals surface area contributed by atoms with Crippen LogP contribution >= 0.6 is 11.3 Å². The molecular weight excluding hydrogens is 581 g/mol. The molecule has 4 heteroatoms. The minimum atomic E-state index is -2.73. The Morgan fingerprint density at radius 2 is 1.00 bits per heavy atom. The Labute approximate surface area is 266 Å². The molecule has 0 N–H and O–H groups in total. The molecule has 0 spiro atoms. The van der Waals surface area contributed by atoms with E-state index in [1.165, 1.54) is 51.8 Å². The van der Waals surface area contributed by atoms with Crippen molar-refractivity contribution in [3.8, 4) is 5.69 Å². The molecule has 0 atom stereocenters. The molecule has 0 saturated heterocycles. The minimum Gasteiger partial charge on any atom is -0.308 e. The van der Waals surface area contributed by atoms with E-state index >= 15 is 0 Å². The van der Waals surface area contributed by atoms with E-state index in [-0.39, 0.29) is 0 Å². The first-order chi connectivity index (χ1) is 22.3. The zero-order chi connectivity index (χ0) is 29.8. The summed E-state index contributed by atoms with van der Waals surface area (Å²) in [7, 11) is -2.73. The van der Waals surface area contributed by atoms with Crippen molar-refractivity contribution in [1.82, 2.24) is 9.55 Å². The second kappa shape index (κ2) is 10.4. The Kier molecular flexibility index (Phi) is 6.05. The lowest BCUT2D eigenvalue weighted by Gasteiger charge is -2.34. The van der Waals surface area contributed by atoms with E-state index in [0.29, 0.717) is 0 Å². The zero-order valence-corrected chi connectivity index (χ0v) is 26.3. The first-order valence-electron chi connectivity index (χ1n) is 15.3. The Morgan fingerprint density at radius 3 is 1.62 bits per heavy atom. The smallest absolute Gasteiger partial charge is 0.181 e. The molecule has 9 rings (SSSR count). The van der Waals surface area contributed by atoms with Gasteiger partial charge in [0.1, 0.15) is 0 Å². The van der Waals surface area contributed by atoms with Gasteiger partial charge in [0, 0.05) is 37.4 Å². The van der Waals surface area contributed by atoms with Crippen LogP contribution in [-0.4, -0.2) is 17.6 Å². The van der Waals surface area contributed by atoms with Crippen LogP contribution in [0.25, 0.3) is 47.8 Å². The van der Waals surface area contributed by atoms with Crippen LogP contribution in [0.1, 0.15) is 0 Å². The third kappa shape index (κ3) is 3.96. The third-order valence-corrected chi connectivity index (χ3v) is 15.0. The summed E-state index contributed by atoms with van der Waals surface area (Å²) in [4.78, 5) is 5.39. The van der Waals surface area contributed by atoms with E-state index in [1.807, 2.05) is 11.3 Å². The van der Waals surface area contributed by atoms with Crippen molar-refractivity contribution < 1.29 is 0 Å². The summed E-state index contributed by atoms with van der Waals surface area (Å²) in [5, 5.41) is 9.09. The molecule has 212 valence electrons. The molecule has 0 aliphatic heterocycles. The van der Waals surface area contributed by atoms with Gasteiger partial charge in [-0.25, -0.2) is 0 Å². The maximum atomic E-state index is 5.39. The van der Waals surface area contributed by atoms with Gasteiger partial charge < -0.3 is 4.57 Å². The molecule has 3 aromatic heterocycles. The molecule has 2 nitrogen and oxygen atoms in total. The highest BCUT2D eigenvalue weighted by Crippen LogP contribution is 2.40. The first-order valence-corrected chi connectivity index (χ1v) is 18.1. The molecule has 6 aromatic carbocycles. The normalized spacial score (nSPS) is 12.0. The van der Waals surface area contributed by atoms with Gasteiger partial charge in [-0.1, -0.05) is 127 Å². The standard InChI is InChI=1S/C41H28N2SSi/c1-5-15-29(16-6-1)43-37-27-40-35(34-23-13-14-24-39(34)44-40)26-36(37)41-38(43)25-33(28-42-41)45(30-17-7-2-8-18-30,31-19-9-3-10-20-31)32-21-11-4-12-22-32/h1-28H. The number of nitrogens with zero attached hydrogens (tertiary/aromatic N) is 2. The molecule has 0 bridgehead atoms. The monoisotopic (exact) mass is 608 g/mol. The average molecular weight is 609 g/mol. The second-order valence-electron chi connectivity index (χ2n) is 11.6. The van der Waals surface area contributed by atoms with Crippen LogP contribution in [0.15, 0.2) is 170 Å². The average Bonchev–Trinajstić information content (AvgIpc) is 3.64. The van der Waals surface area contributed by atoms with E-state index in [9.17, 15) is 0 Å². The highest BCUT2D eigenvalue weighted by Gasteiger charge is 2.42. The number of hydrogen-bond acceptors (Lipinski definition) is 2.